The lowest BCUT2D eigenvalue weighted by Gasteiger charge is -2.04. The van der Waals surface area contributed by atoms with Crippen molar-refractivity contribution < 1.29 is 14.0 Å². The molecular weight excluding hydrogens is 408 g/mol. The number of thiophene rings is 1. The molecule has 9 heteroatoms. The van der Waals surface area contributed by atoms with Crippen molar-refractivity contribution in [1.29, 1.82) is 0 Å². The van der Waals surface area contributed by atoms with Gasteiger partial charge < -0.3 is 15.1 Å². The molecule has 0 unspecified atom stereocenters. The molecular formula is C16H15BrN4O3S. The standard InChI is InChI=1S/C16H15BrN4O3S/c1-2-21-8-12(19-15(22)13-6-10(17)9-25-13)14(20-21)16(23)18-7-11-4-3-5-24-11/h3-6,8-9H,2,7H2,1H3,(H,18,23)(H,19,22). The van der Waals surface area contributed by atoms with Gasteiger partial charge in [0.25, 0.3) is 11.8 Å². The van der Waals surface area contributed by atoms with Gasteiger partial charge in [-0.3, -0.25) is 14.3 Å². The fourth-order valence-electron chi connectivity index (χ4n) is 2.12. The molecule has 3 heterocycles. The molecule has 0 aliphatic heterocycles. The molecule has 25 heavy (non-hydrogen) atoms. The van der Waals surface area contributed by atoms with Crippen LogP contribution in [-0.2, 0) is 13.1 Å². The van der Waals surface area contributed by atoms with Gasteiger partial charge in [0.15, 0.2) is 5.69 Å². The number of amides is 2. The molecule has 0 atom stereocenters. The third-order valence-electron chi connectivity index (χ3n) is 3.34. The van der Waals surface area contributed by atoms with Crippen molar-refractivity contribution in [3.8, 4) is 0 Å². The van der Waals surface area contributed by atoms with E-state index in [1.807, 2.05) is 12.3 Å². The van der Waals surface area contributed by atoms with Crippen LogP contribution in [0.3, 0.4) is 0 Å². The second-order valence-corrected chi connectivity index (χ2v) is 6.92. The topological polar surface area (TPSA) is 89.2 Å². The Morgan fingerprint density at radius 3 is 2.88 bits per heavy atom. The van der Waals surface area contributed by atoms with Crippen molar-refractivity contribution in [3.63, 3.8) is 0 Å². The summed E-state index contributed by atoms with van der Waals surface area (Å²) in [7, 11) is 0. The Morgan fingerprint density at radius 1 is 1.40 bits per heavy atom. The van der Waals surface area contributed by atoms with Gasteiger partial charge in [0.2, 0.25) is 0 Å². The molecule has 0 aliphatic carbocycles. The fourth-order valence-corrected chi connectivity index (χ4v) is 3.44. The summed E-state index contributed by atoms with van der Waals surface area (Å²) in [5.41, 5.74) is 0.533. The molecule has 7 nitrogen and oxygen atoms in total. The number of halogens is 1. The molecule has 0 radical (unpaired) electrons. The van der Waals surface area contributed by atoms with Crippen LogP contribution in [0.4, 0.5) is 5.69 Å². The molecule has 0 fully saturated rings. The van der Waals surface area contributed by atoms with Crippen LogP contribution in [0.1, 0.15) is 32.8 Å². The zero-order chi connectivity index (χ0) is 17.8. The lowest BCUT2D eigenvalue weighted by molar-refractivity contribution is 0.0943. The summed E-state index contributed by atoms with van der Waals surface area (Å²) in [4.78, 5) is 25.3. The van der Waals surface area contributed by atoms with Gasteiger partial charge in [-0.1, -0.05) is 0 Å². The van der Waals surface area contributed by atoms with Gasteiger partial charge in [-0.25, -0.2) is 0 Å². The zero-order valence-corrected chi connectivity index (χ0v) is 15.7. The number of nitrogens with one attached hydrogen (secondary N) is 2. The first-order chi connectivity index (χ1) is 12.1. The first-order valence-electron chi connectivity index (χ1n) is 7.50. The predicted molar refractivity (Wildman–Crippen MR) is 97.8 cm³/mol. The van der Waals surface area contributed by atoms with E-state index < -0.39 is 0 Å². The van der Waals surface area contributed by atoms with Crippen LogP contribution < -0.4 is 10.6 Å². The van der Waals surface area contributed by atoms with Crippen molar-refractivity contribution in [3.05, 3.63) is 56.8 Å². The summed E-state index contributed by atoms with van der Waals surface area (Å²) in [5.74, 6) is -0.0324. The largest absolute Gasteiger partial charge is 0.467 e. The maximum Gasteiger partial charge on any atom is 0.274 e. The van der Waals surface area contributed by atoms with Gasteiger partial charge in [0.05, 0.1) is 23.4 Å². The smallest absolute Gasteiger partial charge is 0.274 e. The fraction of sp³-hybridized carbons (Fsp3) is 0.188. The second kappa shape index (κ2) is 7.66. The average molecular weight is 423 g/mol. The third kappa shape index (κ3) is 4.18. The number of furan rings is 1. The molecule has 0 spiro atoms. The highest BCUT2D eigenvalue weighted by molar-refractivity contribution is 9.10. The van der Waals surface area contributed by atoms with Crippen LogP contribution in [-0.4, -0.2) is 21.6 Å². The molecule has 0 aliphatic rings. The monoisotopic (exact) mass is 422 g/mol. The van der Waals surface area contributed by atoms with Crippen LogP contribution in [0.15, 0.2) is 44.9 Å². The van der Waals surface area contributed by atoms with Gasteiger partial charge in [0.1, 0.15) is 5.76 Å². The van der Waals surface area contributed by atoms with Crippen LogP contribution >= 0.6 is 27.3 Å². The molecule has 130 valence electrons. The Kier molecular flexibility index (Phi) is 5.34. The number of nitrogens with zero attached hydrogens (tertiary/aromatic N) is 2. The Hall–Kier alpha value is -2.39. The first-order valence-corrected chi connectivity index (χ1v) is 9.17. The summed E-state index contributed by atoms with van der Waals surface area (Å²) in [5, 5.41) is 11.5. The molecule has 3 rings (SSSR count). The molecule has 0 aromatic carbocycles. The van der Waals surface area contributed by atoms with E-state index in [0.29, 0.717) is 22.9 Å². The lowest BCUT2D eigenvalue weighted by atomic mass is 10.3. The van der Waals surface area contributed by atoms with Gasteiger partial charge in [-0.2, -0.15) is 5.10 Å². The lowest BCUT2D eigenvalue weighted by Crippen LogP contribution is -2.25. The minimum atomic E-state index is -0.383. The Bertz CT molecular complexity index is 885. The van der Waals surface area contributed by atoms with E-state index in [1.165, 1.54) is 17.6 Å². The van der Waals surface area contributed by atoms with Crippen LogP contribution in [0.2, 0.25) is 0 Å². The van der Waals surface area contributed by atoms with Gasteiger partial charge in [0, 0.05) is 22.6 Å². The number of rotatable bonds is 6. The maximum absolute atomic E-state index is 12.4. The highest BCUT2D eigenvalue weighted by Gasteiger charge is 2.20. The van der Waals surface area contributed by atoms with E-state index in [0.717, 1.165) is 4.47 Å². The maximum atomic E-state index is 12.4. The minimum Gasteiger partial charge on any atom is -0.467 e. The zero-order valence-electron chi connectivity index (χ0n) is 13.3. The van der Waals surface area contributed by atoms with Crippen molar-refractivity contribution in [2.75, 3.05) is 5.32 Å². The van der Waals surface area contributed by atoms with Crippen LogP contribution in [0.25, 0.3) is 0 Å². The molecule has 0 saturated heterocycles. The van der Waals surface area contributed by atoms with E-state index in [2.05, 4.69) is 31.7 Å². The van der Waals surface area contributed by atoms with E-state index in [4.69, 9.17) is 4.42 Å². The van der Waals surface area contributed by atoms with E-state index in [9.17, 15) is 9.59 Å². The molecule has 0 saturated carbocycles. The Morgan fingerprint density at radius 2 is 2.24 bits per heavy atom. The quantitative estimate of drug-likeness (QED) is 0.635. The second-order valence-electron chi connectivity index (χ2n) is 5.09. The molecule has 2 amide bonds. The third-order valence-corrected chi connectivity index (χ3v) is 5.03. The SMILES string of the molecule is CCn1cc(NC(=O)c2cc(Br)cs2)c(C(=O)NCc2ccco2)n1. The Labute approximate surface area is 156 Å². The summed E-state index contributed by atoms with van der Waals surface area (Å²) in [6.07, 6.45) is 3.18. The number of carbonyl (C=O) groups excluding carboxylic acids is 2. The Balaban J connectivity index is 1.75. The summed E-state index contributed by atoms with van der Waals surface area (Å²) in [6.45, 7) is 2.73. The molecule has 0 bridgehead atoms. The average Bonchev–Trinajstić information content (AvgIpc) is 3.33. The minimum absolute atomic E-state index is 0.164. The van der Waals surface area contributed by atoms with E-state index in [1.54, 1.807) is 29.1 Å². The van der Waals surface area contributed by atoms with Crippen molar-refractivity contribution in [2.24, 2.45) is 0 Å². The van der Waals surface area contributed by atoms with E-state index >= 15 is 0 Å². The summed E-state index contributed by atoms with van der Waals surface area (Å²) >= 11 is 4.63. The molecule has 2 N–H and O–H groups in total. The predicted octanol–water partition coefficient (Wildman–Crippen LogP) is 3.50. The number of anilines is 1. The number of carbonyl (C=O) groups is 2. The van der Waals surface area contributed by atoms with Crippen molar-refractivity contribution in [1.82, 2.24) is 15.1 Å². The van der Waals surface area contributed by atoms with Crippen molar-refractivity contribution in [2.45, 2.75) is 20.0 Å². The van der Waals surface area contributed by atoms with Crippen molar-refractivity contribution >= 4 is 44.8 Å². The number of hydrogen-bond acceptors (Lipinski definition) is 5. The van der Waals surface area contributed by atoms with Gasteiger partial charge in [-0.05, 0) is 41.1 Å². The van der Waals surface area contributed by atoms with Gasteiger partial charge in [-0.15, -0.1) is 11.3 Å². The normalized spacial score (nSPS) is 10.6. The summed E-state index contributed by atoms with van der Waals surface area (Å²) in [6, 6.07) is 5.24. The molecule has 3 aromatic rings. The van der Waals surface area contributed by atoms with Crippen LogP contribution in [0.5, 0.6) is 0 Å². The highest BCUT2D eigenvalue weighted by Crippen LogP contribution is 2.22. The first kappa shape index (κ1) is 17.4. The van der Waals surface area contributed by atoms with Gasteiger partial charge >= 0.3 is 0 Å². The van der Waals surface area contributed by atoms with Crippen LogP contribution in [0, 0.1) is 0 Å². The number of hydrogen-bond donors (Lipinski definition) is 2. The number of aromatic nitrogens is 2. The number of aryl methyl sites for hydroxylation is 1. The highest BCUT2D eigenvalue weighted by atomic mass is 79.9. The molecule has 3 aromatic heterocycles. The van der Waals surface area contributed by atoms with E-state index in [-0.39, 0.29) is 24.1 Å². The summed E-state index contributed by atoms with van der Waals surface area (Å²) < 4.78 is 7.62.